The highest BCUT2D eigenvalue weighted by Gasteiger charge is 2.35. The number of nitrogens with two attached hydrogens (primary N) is 1. The summed E-state index contributed by atoms with van der Waals surface area (Å²) < 4.78 is 10.7. The third kappa shape index (κ3) is 2.97. The van der Waals surface area contributed by atoms with Gasteiger partial charge < -0.3 is 20.1 Å². The van der Waals surface area contributed by atoms with E-state index in [1.807, 2.05) is 30.0 Å². The number of rotatable bonds is 5. The van der Waals surface area contributed by atoms with Crippen molar-refractivity contribution in [3.63, 3.8) is 0 Å². The van der Waals surface area contributed by atoms with Crippen LogP contribution in [0.3, 0.4) is 0 Å². The molecule has 5 nitrogen and oxygen atoms in total. The van der Waals surface area contributed by atoms with Crippen molar-refractivity contribution in [1.82, 2.24) is 4.90 Å². The topological polar surface area (TPSA) is 64.8 Å². The Kier molecular flexibility index (Phi) is 3.76. The second-order valence-electron chi connectivity index (χ2n) is 5.99. The summed E-state index contributed by atoms with van der Waals surface area (Å²) >= 11 is 0. The van der Waals surface area contributed by atoms with E-state index in [0.29, 0.717) is 19.5 Å². The van der Waals surface area contributed by atoms with Crippen molar-refractivity contribution in [1.29, 1.82) is 0 Å². The maximum Gasteiger partial charge on any atom is 0.231 e. The molecule has 2 N–H and O–H groups in total. The lowest BCUT2D eigenvalue weighted by Crippen LogP contribution is -2.50. The molecule has 0 bridgehead atoms. The Morgan fingerprint density at radius 2 is 2.10 bits per heavy atom. The van der Waals surface area contributed by atoms with E-state index in [4.69, 9.17) is 15.2 Å². The van der Waals surface area contributed by atoms with Gasteiger partial charge in [-0.1, -0.05) is 6.07 Å². The Labute approximate surface area is 125 Å². The average Bonchev–Trinajstić information content (AvgIpc) is 2.90. The van der Waals surface area contributed by atoms with Gasteiger partial charge in [0.15, 0.2) is 11.5 Å². The third-order valence-electron chi connectivity index (χ3n) is 4.40. The van der Waals surface area contributed by atoms with Crippen LogP contribution >= 0.6 is 0 Å². The summed E-state index contributed by atoms with van der Waals surface area (Å²) in [5, 5.41) is 0. The summed E-state index contributed by atoms with van der Waals surface area (Å²) in [7, 11) is 0. The highest BCUT2D eigenvalue weighted by molar-refractivity contribution is 5.77. The van der Waals surface area contributed by atoms with E-state index in [1.165, 1.54) is 0 Å². The Morgan fingerprint density at radius 1 is 1.33 bits per heavy atom. The lowest BCUT2D eigenvalue weighted by Gasteiger charge is -2.38. The maximum atomic E-state index is 12.4. The number of hydrogen-bond donors (Lipinski definition) is 1. The summed E-state index contributed by atoms with van der Waals surface area (Å²) in [6.07, 6.45) is 3.50. The Balaban J connectivity index is 1.65. The molecule has 1 fully saturated rings. The van der Waals surface area contributed by atoms with Gasteiger partial charge in [-0.25, -0.2) is 0 Å². The zero-order valence-corrected chi connectivity index (χ0v) is 12.4. The molecule has 114 valence electrons. The zero-order valence-electron chi connectivity index (χ0n) is 12.4. The summed E-state index contributed by atoms with van der Waals surface area (Å²) in [4.78, 5) is 14.3. The first-order chi connectivity index (χ1) is 10.1. The van der Waals surface area contributed by atoms with Crippen molar-refractivity contribution < 1.29 is 14.3 Å². The molecule has 1 aliphatic carbocycles. The van der Waals surface area contributed by atoms with Crippen LogP contribution < -0.4 is 15.2 Å². The Morgan fingerprint density at radius 3 is 2.76 bits per heavy atom. The minimum absolute atomic E-state index is 0.136. The summed E-state index contributed by atoms with van der Waals surface area (Å²) in [6.45, 7) is 3.53. The minimum Gasteiger partial charge on any atom is -0.454 e. The first kappa shape index (κ1) is 14.2. The Hall–Kier alpha value is -1.75. The standard InChI is InChI=1S/C16H22N2O3/c1-2-18(15(19)9-16(17)6-3-7-16)10-12-4-5-13-14(8-12)21-11-20-13/h4-5,8H,2-3,6-7,9-11,17H2,1H3. The highest BCUT2D eigenvalue weighted by Crippen LogP contribution is 2.34. The number of nitrogens with zero attached hydrogens (tertiary/aromatic N) is 1. The predicted molar refractivity (Wildman–Crippen MR) is 79.0 cm³/mol. The van der Waals surface area contributed by atoms with Gasteiger partial charge in [-0.3, -0.25) is 4.79 Å². The number of amides is 1. The highest BCUT2D eigenvalue weighted by atomic mass is 16.7. The van der Waals surface area contributed by atoms with Crippen LogP contribution in [0, 0.1) is 0 Å². The van der Waals surface area contributed by atoms with Crippen LogP contribution in [-0.2, 0) is 11.3 Å². The summed E-state index contributed by atoms with van der Waals surface area (Å²) in [5.41, 5.74) is 6.96. The van der Waals surface area contributed by atoms with Crippen molar-refractivity contribution in [2.24, 2.45) is 5.73 Å². The molecule has 1 aromatic rings. The van der Waals surface area contributed by atoms with E-state index in [1.54, 1.807) is 0 Å². The van der Waals surface area contributed by atoms with Gasteiger partial charge in [0, 0.05) is 25.0 Å². The average molecular weight is 290 g/mol. The fourth-order valence-corrected chi connectivity index (χ4v) is 2.86. The molecule has 21 heavy (non-hydrogen) atoms. The second-order valence-corrected chi connectivity index (χ2v) is 5.99. The molecule has 1 saturated carbocycles. The monoisotopic (exact) mass is 290 g/mol. The van der Waals surface area contributed by atoms with Gasteiger partial charge >= 0.3 is 0 Å². The van der Waals surface area contributed by atoms with E-state index in [2.05, 4.69) is 0 Å². The van der Waals surface area contributed by atoms with Gasteiger partial charge in [0.05, 0.1) is 0 Å². The molecular weight excluding hydrogens is 268 g/mol. The first-order valence-electron chi connectivity index (χ1n) is 7.55. The van der Waals surface area contributed by atoms with Crippen LogP contribution in [0.15, 0.2) is 18.2 Å². The molecule has 2 aliphatic rings. The van der Waals surface area contributed by atoms with E-state index >= 15 is 0 Å². The molecule has 1 aromatic carbocycles. The van der Waals surface area contributed by atoms with Crippen molar-refractivity contribution in [3.05, 3.63) is 23.8 Å². The zero-order chi connectivity index (χ0) is 14.9. The SMILES string of the molecule is CCN(Cc1ccc2c(c1)OCO2)C(=O)CC1(N)CCC1. The predicted octanol–water partition coefficient (Wildman–Crippen LogP) is 2.04. The molecule has 0 unspecified atom stereocenters. The molecule has 0 aromatic heterocycles. The van der Waals surface area contributed by atoms with Crippen molar-refractivity contribution in [3.8, 4) is 11.5 Å². The normalized spacial score (nSPS) is 18.2. The van der Waals surface area contributed by atoms with E-state index in [9.17, 15) is 4.79 Å². The minimum atomic E-state index is -0.264. The maximum absolute atomic E-state index is 12.4. The van der Waals surface area contributed by atoms with Crippen LogP contribution in [0.2, 0.25) is 0 Å². The van der Waals surface area contributed by atoms with Crippen LogP contribution in [-0.4, -0.2) is 29.7 Å². The van der Waals surface area contributed by atoms with E-state index < -0.39 is 0 Å². The number of carbonyl (C=O) groups is 1. The number of ether oxygens (including phenoxy) is 2. The van der Waals surface area contributed by atoms with Crippen molar-refractivity contribution in [2.75, 3.05) is 13.3 Å². The molecular formula is C16H22N2O3. The molecule has 0 radical (unpaired) electrons. The lowest BCUT2D eigenvalue weighted by atomic mass is 9.75. The van der Waals surface area contributed by atoms with E-state index in [0.717, 1.165) is 36.3 Å². The third-order valence-corrected chi connectivity index (χ3v) is 4.40. The van der Waals surface area contributed by atoms with Crippen molar-refractivity contribution >= 4 is 5.91 Å². The van der Waals surface area contributed by atoms with Gasteiger partial charge in [-0.2, -0.15) is 0 Å². The fraction of sp³-hybridized carbons (Fsp3) is 0.562. The fourth-order valence-electron chi connectivity index (χ4n) is 2.86. The number of fused-ring (bicyclic) bond motifs is 1. The summed E-state index contributed by atoms with van der Waals surface area (Å²) in [6, 6.07) is 5.82. The smallest absolute Gasteiger partial charge is 0.231 e. The second kappa shape index (κ2) is 5.56. The first-order valence-corrected chi connectivity index (χ1v) is 7.55. The van der Waals surface area contributed by atoms with Gasteiger partial charge in [0.25, 0.3) is 0 Å². The van der Waals surface area contributed by atoms with Gasteiger partial charge in [-0.05, 0) is 43.9 Å². The molecule has 5 heteroatoms. The van der Waals surface area contributed by atoms with Gasteiger partial charge in [0.2, 0.25) is 12.7 Å². The molecule has 1 amide bonds. The number of benzene rings is 1. The van der Waals surface area contributed by atoms with Gasteiger partial charge in [-0.15, -0.1) is 0 Å². The van der Waals surface area contributed by atoms with Crippen molar-refractivity contribution in [2.45, 2.75) is 44.7 Å². The summed E-state index contributed by atoms with van der Waals surface area (Å²) in [5.74, 6) is 1.66. The molecule has 0 atom stereocenters. The van der Waals surface area contributed by atoms with E-state index in [-0.39, 0.29) is 18.2 Å². The quantitative estimate of drug-likeness (QED) is 0.901. The molecule has 3 rings (SSSR count). The lowest BCUT2D eigenvalue weighted by molar-refractivity contribution is -0.133. The molecule has 0 saturated heterocycles. The van der Waals surface area contributed by atoms with Crippen LogP contribution in [0.5, 0.6) is 11.5 Å². The number of carbonyl (C=O) groups excluding carboxylic acids is 1. The van der Waals surface area contributed by atoms with Crippen LogP contribution in [0.1, 0.15) is 38.2 Å². The Bertz CT molecular complexity index is 540. The number of hydrogen-bond acceptors (Lipinski definition) is 4. The largest absolute Gasteiger partial charge is 0.454 e. The van der Waals surface area contributed by atoms with Crippen LogP contribution in [0.4, 0.5) is 0 Å². The van der Waals surface area contributed by atoms with Crippen LogP contribution in [0.25, 0.3) is 0 Å². The van der Waals surface area contributed by atoms with Gasteiger partial charge in [0.1, 0.15) is 0 Å². The molecule has 1 heterocycles. The molecule has 0 spiro atoms. The molecule has 1 aliphatic heterocycles.